The topological polar surface area (TPSA) is 84.5 Å². The first kappa shape index (κ1) is 20.0. The molecule has 0 aromatic heterocycles. The molecule has 6 nitrogen and oxygen atoms in total. The quantitative estimate of drug-likeness (QED) is 0.728. The highest BCUT2D eigenvalue weighted by Crippen LogP contribution is 2.12. The van der Waals surface area contributed by atoms with Crippen LogP contribution in [0.2, 0.25) is 0 Å². The normalized spacial score (nSPS) is 10.2. The van der Waals surface area contributed by atoms with Crippen molar-refractivity contribution in [2.24, 2.45) is 0 Å². The van der Waals surface area contributed by atoms with Crippen molar-refractivity contribution in [2.45, 2.75) is 13.3 Å². The molecule has 0 aliphatic heterocycles. The van der Waals surface area contributed by atoms with E-state index in [0.29, 0.717) is 11.8 Å². The van der Waals surface area contributed by atoms with Crippen LogP contribution in [0.15, 0.2) is 42.5 Å². The fraction of sp³-hybridized carbons (Fsp3) is 0.211. The maximum Gasteiger partial charge on any atom is 0.308 e. The first-order chi connectivity index (χ1) is 12.9. The Morgan fingerprint density at radius 2 is 1.81 bits per heavy atom. The average Bonchev–Trinajstić information content (AvgIpc) is 2.62. The van der Waals surface area contributed by atoms with E-state index in [-0.39, 0.29) is 18.5 Å². The zero-order chi connectivity index (χ0) is 19.8. The van der Waals surface area contributed by atoms with Gasteiger partial charge in [0.15, 0.2) is 6.61 Å². The van der Waals surface area contributed by atoms with Crippen LogP contribution in [0.25, 0.3) is 0 Å². The molecule has 0 fully saturated rings. The van der Waals surface area contributed by atoms with Crippen LogP contribution in [-0.4, -0.2) is 30.9 Å². The highest BCUT2D eigenvalue weighted by Gasteiger charge is 2.13. The van der Waals surface area contributed by atoms with Crippen LogP contribution in [0.1, 0.15) is 22.3 Å². The summed E-state index contributed by atoms with van der Waals surface area (Å²) < 4.78 is 31.1. The van der Waals surface area contributed by atoms with Crippen molar-refractivity contribution in [2.75, 3.05) is 18.5 Å². The SMILES string of the molecule is Cc1ccccc1NC(=O)COC(=O)CCNC(=O)c1ccc(F)cc1F. The summed E-state index contributed by atoms with van der Waals surface area (Å²) >= 11 is 0. The largest absolute Gasteiger partial charge is 0.456 e. The molecule has 0 saturated carbocycles. The van der Waals surface area contributed by atoms with Crippen LogP contribution in [0, 0.1) is 18.6 Å². The van der Waals surface area contributed by atoms with E-state index in [1.165, 1.54) is 0 Å². The van der Waals surface area contributed by atoms with Crippen molar-refractivity contribution < 1.29 is 27.9 Å². The third-order valence-corrected chi connectivity index (χ3v) is 3.57. The molecule has 0 aliphatic rings. The van der Waals surface area contributed by atoms with Crippen LogP contribution < -0.4 is 10.6 Å². The van der Waals surface area contributed by atoms with Crippen LogP contribution in [0.4, 0.5) is 14.5 Å². The number of benzene rings is 2. The number of hydrogen-bond acceptors (Lipinski definition) is 4. The van der Waals surface area contributed by atoms with Gasteiger partial charge in [-0.25, -0.2) is 8.78 Å². The van der Waals surface area contributed by atoms with Crippen molar-refractivity contribution in [1.29, 1.82) is 0 Å². The van der Waals surface area contributed by atoms with Crippen LogP contribution in [0.3, 0.4) is 0 Å². The second-order valence-electron chi connectivity index (χ2n) is 5.65. The first-order valence-corrected chi connectivity index (χ1v) is 8.11. The molecule has 0 aliphatic carbocycles. The Morgan fingerprint density at radius 3 is 2.52 bits per heavy atom. The summed E-state index contributed by atoms with van der Waals surface area (Å²) in [4.78, 5) is 35.2. The lowest BCUT2D eigenvalue weighted by Gasteiger charge is -2.09. The number of ether oxygens (including phenoxy) is 1. The van der Waals surface area contributed by atoms with E-state index in [1.54, 1.807) is 12.1 Å². The number of amides is 2. The van der Waals surface area contributed by atoms with Gasteiger partial charge in [0.05, 0.1) is 12.0 Å². The van der Waals surface area contributed by atoms with Gasteiger partial charge in [-0.3, -0.25) is 14.4 Å². The van der Waals surface area contributed by atoms with Gasteiger partial charge in [0.1, 0.15) is 11.6 Å². The van der Waals surface area contributed by atoms with E-state index in [9.17, 15) is 23.2 Å². The summed E-state index contributed by atoms with van der Waals surface area (Å²) in [6, 6.07) is 9.70. The van der Waals surface area contributed by atoms with Gasteiger partial charge in [0.2, 0.25) is 0 Å². The maximum absolute atomic E-state index is 13.5. The minimum Gasteiger partial charge on any atom is -0.456 e. The molecule has 2 rings (SSSR count). The average molecular weight is 376 g/mol. The molecule has 142 valence electrons. The summed E-state index contributed by atoms with van der Waals surface area (Å²) in [6.07, 6.45) is -0.202. The molecular weight excluding hydrogens is 358 g/mol. The fourth-order valence-electron chi connectivity index (χ4n) is 2.16. The van der Waals surface area contributed by atoms with Gasteiger partial charge < -0.3 is 15.4 Å². The van der Waals surface area contributed by atoms with Crippen LogP contribution >= 0.6 is 0 Å². The number of carbonyl (C=O) groups is 3. The molecule has 2 aromatic carbocycles. The number of hydrogen-bond donors (Lipinski definition) is 2. The summed E-state index contributed by atoms with van der Waals surface area (Å²) in [7, 11) is 0. The van der Waals surface area contributed by atoms with Gasteiger partial charge in [-0.05, 0) is 30.7 Å². The van der Waals surface area contributed by atoms with E-state index >= 15 is 0 Å². The number of rotatable bonds is 7. The van der Waals surface area contributed by atoms with Gasteiger partial charge in [-0.2, -0.15) is 0 Å². The Bertz CT molecular complexity index is 855. The third-order valence-electron chi connectivity index (χ3n) is 3.57. The molecule has 27 heavy (non-hydrogen) atoms. The van der Waals surface area contributed by atoms with Crippen LogP contribution in [-0.2, 0) is 14.3 Å². The monoisotopic (exact) mass is 376 g/mol. The molecule has 8 heteroatoms. The van der Waals surface area contributed by atoms with Crippen molar-refractivity contribution in [3.8, 4) is 0 Å². The van der Waals surface area contributed by atoms with Crippen molar-refractivity contribution >= 4 is 23.5 Å². The van der Waals surface area contributed by atoms with Gasteiger partial charge in [0.25, 0.3) is 11.8 Å². The number of esters is 1. The second-order valence-corrected chi connectivity index (χ2v) is 5.65. The molecule has 2 N–H and O–H groups in total. The Labute approximate surface area is 154 Å². The lowest BCUT2D eigenvalue weighted by molar-refractivity contribution is -0.147. The molecule has 0 bridgehead atoms. The molecule has 0 heterocycles. The minimum atomic E-state index is -0.997. The summed E-state index contributed by atoms with van der Waals surface area (Å²) in [5.74, 6) is -3.76. The van der Waals surface area contributed by atoms with Gasteiger partial charge >= 0.3 is 5.97 Å². The Kier molecular flexibility index (Phi) is 6.99. The van der Waals surface area contributed by atoms with Crippen LogP contribution in [0.5, 0.6) is 0 Å². The summed E-state index contributed by atoms with van der Waals surface area (Å²) in [6.45, 7) is 1.25. The molecule has 0 saturated heterocycles. The molecular formula is C19H18F2N2O4. The standard InChI is InChI=1S/C19H18F2N2O4/c1-12-4-2-3-5-16(12)23-17(24)11-27-18(25)8-9-22-19(26)14-7-6-13(20)10-15(14)21/h2-7,10H,8-9,11H2,1H3,(H,22,26)(H,23,24). The summed E-state index contributed by atoms with van der Waals surface area (Å²) in [5, 5.41) is 4.94. The fourth-order valence-corrected chi connectivity index (χ4v) is 2.16. The molecule has 2 amide bonds. The molecule has 0 atom stereocenters. The Balaban J connectivity index is 1.71. The Hall–Kier alpha value is -3.29. The number of halogens is 2. The van der Waals surface area contributed by atoms with Crippen molar-refractivity contribution in [3.05, 3.63) is 65.2 Å². The summed E-state index contributed by atoms with van der Waals surface area (Å²) in [5.41, 5.74) is 1.16. The number of nitrogens with one attached hydrogen (secondary N) is 2. The Morgan fingerprint density at radius 1 is 1.07 bits per heavy atom. The van der Waals surface area contributed by atoms with Gasteiger partial charge in [0, 0.05) is 18.3 Å². The molecule has 0 radical (unpaired) electrons. The van der Waals surface area contributed by atoms with Gasteiger partial charge in [-0.15, -0.1) is 0 Å². The van der Waals surface area contributed by atoms with E-state index in [0.717, 1.165) is 17.7 Å². The lowest BCUT2D eigenvalue weighted by atomic mass is 10.2. The first-order valence-electron chi connectivity index (χ1n) is 8.11. The highest BCUT2D eigenvalue weighted by molar-refractivity contribution is 5.95. The van der Waals surface area contributed by atoms with E-state index in [2.05, 4.69) is 10.6 Å². The maximum atomic E-state index is 13.5. The zero-order valence-corrected chi connectivity index (χ0v) is 14.6. The van der Waals surface area contributed by atoms with Gasteiger partial charge in [-0.1, -0.05) is 18.2 Å². The van der Waals surface area contributed by atoms with E-state index < -0.39 is 36.0 Å². The van der Waals surface area contributed by atoms with E-state index in [1.807, 2.05) is 19.1 Å². The smallest absolute Gasteiger partial charge is 0.308 e. The predicted octanol–water partition coefficient (Wildman–Crippen LogP) is 2.58. The number of anilines is 1. The number of para-hydroxylation sites is 1. The number of carbonyl (C=O) groups excluding carboxylic acids is 3. The lowest BCUT2D eigenvalue weighted by Crippen LogP contribution is -2.28. The highest BCUT2D eigenvalue weighted by atomic mass is 19.1. The van der Waals surface area contributed by atoms with Crippen molar-refractivity contribution in [1.82, 2.24) is 5.32 Å². The zero-order valence-electron chi connectivity index (χ0n) is 14.6. The number of aryl methyl sites for hydroxylation is 1. The van der Waals surface area contributed by atoms with Crippen molar-refractivity contribution in [3.63, 3.8) is 0 Å². The second kappa shape index (κ2) is 9.42. The molecule has 0 unspecified atom stereocenters. The third kappa shape index (κ3) is 6.18. The predicted molar refractivity (Wildman–Crippen MR) is 94.1 cm³/mol. The minimum absolute atomic E-state index is 0.117. The molecule has 0 spiro atoms. The molecule has 2 aromatic rings. The van der Waals surface area contributed by atoms with E-state index in [4.69, 9.17) is 4.74 Å².